The zero-order chi connectivity index (χ0) is 15.9. The first-order valence-corrected chi connectivity index (χ1v) is 7.71. The predicted octanol–water partition coefficient (Wildman–Crippen LogP) is 1.86. The number of ether oxygens (including phenoxy) is 1. The van der Waals surface area contributed by atoms with E-state index in [1.807, 2.05) is 24.3 Å². The van der Waals surface area contributed by atoms with Crippen LogP contribution in [0.4, 0.5) is 0 Å². The molecule has 22 heavy (non-hydrogen) atoms. The van der Waals surface area contributed by atoms with Crippen molar-refractivity contribution in [3.05, 3.63) is 29.8 Å². The fourth-order valence-corrected chi connectivity index (χ4v) is 2.79. The van der Waals surface area contributed by atoms with Crippen LogP contribution in [0.3, 0.4) is 0 Å². The maximum absolute atomic E-state index is 12.2. The zero-order valence-corrected chi connectivity index (χ0v) is 13.0. The monoisotopic (exact) mass is 301 g/mol. The van der Waals surface area contributed by atoms with Gasteiger partial charge in [0.05, 0.1) is 13.2 Å². The number of carbonyl (C=O) groups is 1. The Hall–Kier alpha value is -2.06. The normalized spacial score (nSPS) is 18.8. The Balaban J connectivity index is 1.78. The van der Waals surface area contributed by atoms with Crippen molar-refractivity contribution in [2.75, 3.05) is 13.7 Å². The molecule has 1 amide bonds. The molecular weight excluding hydrogens is 278 g/mol. The first-order chi connectivity index (χ1) is 10.6. The summed E-state index contributed by atoms with van der Waals surface area (Å²) < 4.78 is 5.12. The van der Waals surface area contributed by atoms with Crippen molar-refractivity contribution in [1.82, 2.24) is 4.90 Å². The highest BCUT2D eigenvalue weighted by molar-refractivity contribution is 5.77. The summed E-state index contributed by atoms with van der Waals surface area (Å²) in [4.78, 5) is 13.9. The van der Waals surface area contributed by atoms with Crippen molar-refractivity contribution in [3.8, 4) is 11.8 Å². The Labute approximate surface area is 131 Å². The number of carbonyl (C=O) groups excluding carboxylic acids is 1. The van der Waals surface area contributed by atoms with E-state index in [2.05, 4.69) is 6.07 Å². The van der Waals surface area contributed by atoms with E-state index in [0.29, 0.717) is 13.0 Å². The van der Waals surface area contributed by atoms with Crippen LogP contribution in [0.2, 0.25) is 0 Å². The number of rotatable bonds is 6. The molecule has 5 heteroatoms. The van der Waals surface area contributed by atoms with E-state index >= 15 is 0 Å². The zero-order valence-electron chi connectivity index (χ0n) is 13.0. The number of nitrogens with two attached hydrogens (primary N) is 1. The van der Waals surface area contributed by atoms with Gasteiger partial charge in [-0.15, -0.1) is 0 Å². The topological polar surface area (TPSA) is 79.3 Å². The highest BCUT2D eigenvalue weighted by Crippen LogP contribution is 2.19. The molecule has 1 fully saturated rings. The van der Waals surface area contributed by atoms with Gasteiger partial charge in [0.1, 0.15) is 11.8 Å². The average molecular weight is 301 g/mol. The molecule has 5 nitrogen and oxygen atoms in total. The third-order valence-electron chi connectivity index (χ3n) is 4.12. The van der Waals surface area contributed by atoms with Crippen LogP contribution in [0, 0.1) is 11.3 Å². The maximum Gasteiger partial charge on any atom is 0.225 e. The van der Waals surface area contributed by atoms with Crippen molar-refractivity contribution < 1.29 is 9.53 Å². The lowest BCUT2D eigenvalue weighted by molar-refractivity contribution is -0.131. The Morgan fingerprint density at radius 1 is 1.50 bits per heavy atom. The number of hydrogen-bond donors (Lipinski definition) is 1. The van der Waals surface area contributed by atoms with Gasteiger partial charge in [-0.1, -0.05) is 12.1 Å². The molecule has 0 bridgehead atoms. The number of benzene rings is 1. The quantitative estimate of drug-likeness (QED) is 0.869. The van der Waals surface area contributed by atoms with Gasteiger partial charge in [-0.2, -0.15) is 5.26 Å². The minimum absolute atomic E-state index is 0.00582. The summed E-state index contributed by atoms with van der Waals surface area (Å²) in [7, 11) is 1.64. The van der Waals surface area contributed by atoms with Gasteiger partial charge in [0.15, 0.2) is 0 Å². The van der Waals surface area contributed by atoms with Gasteiger partial charge >= 0.3 is 0 Å². The van der Waals surface area contributed by atoms with Crippen molar-refractivity contribution in [2.45, 2.75) is 44.2 Å². The summed E-state index contributed by atoms with van der Waals surface area (Å²) in [6.45, 7) is 0.683. The average Bonchev–Trinajstić information content (AvgIpc) is 3.02. The van der Waals surface area contributed by atoms with E-state index in [1.54, 1.807) is 12.0 Å². The van der Waals surface area contributed by atoms with Crippen LogP contribution in [0.5, 0.6) is 5.75 Å². The molecule has 0 radical (unpaired) electrons. The van der Waals surface area contributed by atoms with Crippen molar-refractivity contribution in [2.24, 2.45) is 5.73 Å². The molecular formula is C17H23N3O2. The molecule has 1 heterocycles. The largest absolute Gasteiger partial charge is 0.497 e. The Bertz CT molecular complexity index is 536. The Morgan fingerprint density at radius 3 is 2.86 bits per heavy atom. The number of amides is 1. The molecule has 2 atom stereocenters. The lowest BCUT2D eigenvalue weighted by Crippen LogP contribution is -2.38. The summed E-state index contributed by atoms with van der Waals surface area (Å²) in [5.74, 6) is 0.839. The third kappa shape index (κ3) is 4.22. The van der Waals surface area contributed by atoms with Crippen LogP contribution in [0.15, 0.2) is 24.3 Å². The second kappa shape index (κ2) is 7.81. The van der Waals surface area contributed by atoms with Crippen LogP contribution in [-0.4, -0.2) is 36.5 Å². The molecule has 1 aliphatic rings. The molecule has 1 unspecified atom stereocenters. The summed E-state index contributed by atoms with van der Waals surface area (Å²) in [5.41, 5.74) is 7.26. The van der Waals surface area contributed by atoms with Gasteiger partial charge in [0, 0.05) is 19.0 Å². The summed E-state index contributed by atoms with van der Waals surface area (Å²) in [6, 6.07) is 9.63. The highest BCUT2D eigenvalue weighted by Gasteiger charge is 2.28. The first-order valence-electron chi connectivity index (χ1n) is 7.71. The van der Waals surface area contributed by atoms with Gasteiger partial charge in [-0.25, -0.2) is 0 Å². The molecule has 1 aromatic carbocycles. The van der Waals surface area contributed by atoms with Crippen LogP contribution in [0.1, 0.15) is 31.2 Å². The lowest BCUT2D eigenvalue weighted by Gasteiger charge is -2.21. The van der Waals surface area contributed by atoms with Crippen LogP contribution in [0.25, 0.3) is 0 Å². The molecule has 0 saturated carbocycles. The number of hydrogen-bond acceptors (Lipinski definition) is 4. The number of aryl methyl sites for hydroxylation is 1. The van der Waals surface area contributed by atoms with Gasteiger partial charge in [0.2, 0.25) is 5.91 Å². The smallest absolute Gasteiger partial charge is 0.225 e. The van der Waals surface area contributed by atoms with E-state index in [9.17, 15) is 4.79 Å². The fraction of sp³-hybridized carbons (Fsp3) is 0.529. The molecule has 118 valence electrons. The van der Waals surface area contributed by atoms with Crippen LogP contribution >= 0.6 is 0 Å². The predicted molar refractivity (Wildman–Crippen MR) is 84.3 cm³/mol. The van der Waals surface area contributed by atoms with Crippen molar-refractivity contribution in [3.63, 3.8) is 0 Å². The Morgan fingerprint density at radius 2 is 2.23 bits per heavy atom. The van der Waals surface area contributed by atoms with E-state index in [0.717, 1.165) is 31.4 Å². The molecule has 0 aliphatic carbocycles. The number of nitrogens with zero attached hydrogens (tertiary/aromatic N) is 2. The number of methoxy groups -OCH3 is 1. The SMILES string of the molecule is COc1ccc(CCC(N)CC(=O)N2CCC[C@H]2C#N)cc1. The first kappa shape index (κ1) is 16.3. The van der Waals surface area contributed by atoms with Crippen molar-refractivity contribution in [1.29, 1.82) is 5.26 Å². The second-order valence-corrected chi connectivity index (χ2v) is 5.73. The lowest BCUT2D eigenvalue weighted by atomic mass is 10.0. The Kier molecular flexibility index (Phi) is 5.79. The molecule has 1 saturated heterocycles. The minimum atomic E-state index is -0.263. The van der Waals surface area contributed by atoms with E-state index in [-0.39, 0.29) is 18.0 Å². The fourth-order valence-electron chi connectivity index (χ4n) is 2.79. The van der Waals surface area contributed by atoms with E-state index < -0.39 is 0 Å². The number of likely N-dealkylation sites (tertiary alicyclic amines) is 1. The van der Waals surface area contributed by atoms with Gasteiger partial charge in [-0.3, -0.25) is 4.79 Å². The molecule has 0 aromatic heterocycles. The van der Waals surface area contributed by atoms with Gasteiger partial charge < -0.3 is 15.4 Å². The number of nitriles is 1. The molecule has 1 aliphatic heterocycles. The minimum Gasteiger partial charge on any atom is -0.497 e. The highest BCUT2D eigenvalue weighted by atomic mass is 16.5. The van der Waals surface area contributed by atoms with Crippen molar-refractivity contribution >= 4 is 5.91 Å². The summed E-state index contributed by atoms with van der Waals surface area (Å²) in [6.07, 6.45) is 3.59. The summed E-state index contributed by atoms with van der Waals surface area (Å²) in [5, 5.41) is 9.03. The van der Waals surface area contributed by atoms with Gasteiger partial charge in [0.25, 0.3) is 0 Å². The molecule has 1 aromatic rings. The molecule has 0 spiro atoms. The standard InChI is InChI=1S/C17H23N3O2/c1-22-16-8-5-13(6-9-16)4-7-14(19)11-17(21)20-10-2-3-15(20)12-18/h5-6,8-9,14-15H,2-4,7,10-11,19H2,1H3/t14?,15-/m0/s1. The van der Waals surface area contributed by atoms with Crippen LogP contribution < -0.4 is 10.5 Å². The van der Waals surface area contributed by atoms with E-state index in [1.165, 1.54) is 5.56 Å². The van der Waals surface area contributed by atoms with Crippen LogP contribution in [-0.2, 0) is 11.2 Å². The van der Waals surface area contributed by atoms with E-state index in [4.69, 9.17) is 15.7 Å². The third-order valence-corrected chi connectivity index (χ3v) is 4.12. The van der Waals surface area contributed by atoms with Gasteiger partial charge in [-0.05, 0) is 43.4 Å². The maximum atomic E-state index is 12.2. The second-order valence-electron chi connectivity index (χ2n) is 5.73. The molecule has 2 N–H and O–H groups in total. The summed E-state index contributed by atoms with van der Waals surface area (Å²) >= 11 is 0. The molecule has 2 rings (SSSR count).